The van der Waals surface area contributed by atoms with Gasteiger partial charge in [-0.1, -0.05) is 27.7 Å². The Labute approximate surface area is 109 Å². The van der Waals surface area contributed by atoms with Gasteiger partial charge in [0.05, 0.1) is 6.61 Å². The summed E-state index contributed by atoms with van der Waals surface area (Å²) in [5, 5.41) is 3.41. The molecule has 1 aromatic heterocycles. The average molecular weight is 249 g/mol. The van der Waals surface area contributed by atoms with Gasteiger partial charge in [-0.3, -0.25) is 0 Å². The van der Waals surface area contributed by atoms with Crippen molar-refractivity contribution in [2.75, 3.05) is 11.9 Å². The van der Waals surface area contributed by atoms with Gasteiger partial charge in [0.25, 0.3) is 0 Å². The first kappa shape index (κ1) is 13.1. The van der Waals surface area contributed by atoms with Gasteiger partial charge in [-0.2, -0.15) is 4.98 Å². The number of nitrogens with one attached hydrogen (secondary N) is 1. The Balaban J connectivity index is 2.22. The third-order valence-electron chi connectivity index (χ3n) is 2.76. The molecule has 0 unspecified atom stereocenters. The first-order chi connectivity index (χ1) is 8.49. The highest BCUT2D eigenvalue weighted by molar-refractivity contribution is 5.41. The number of anilines is 1. The second kappa shape index (κ2) is 5.12. The summed E-state index contributed by atoms with van der Waals surface area (Å²) < 4.78 is 5.64. The Hall–Kier alpha value is -1.32. The minimum absolute atomic E-state index is 0.0639. The molecule has 4 nitrogen and oxygen atoms in total. The molecule has 1 aliphatic rings. The van der Waals surface area contributed by atoms with Gasteiger partial charge in [0, 0.05) is 17.5 Å². The van der Waals surface area contributed by atoms with Crippen LogP contribution in [-0.2, 0) is 5.41 Å². The minimum atomic E-state index is -0.0639. The molecule has 0 bridgehead atoms. The molecule has 1 heterocycles. The lowest BCUT2D eigenvalue weighted by molar-refractivity contribution is 0.301. The molecule has 0 aliphatic heterocycles. The number of rotatable bonds is 5. The molecule has 0 amide bonds. The highest BCUT2D eigenvalue weighted by Gasteiger charge is 2.24. The number of ether oxygens (including phenoxy) is 1. The summed E-state index contributed by atoms with van der Waals surface area (Å²) in [5.74, 6) is 2.41. The molecule has 0 aromatic carbocycles. The minimum Gasteiger partial charge on any atom is -0.478 e. The van der Waals surface area contributed by atoms with Crippen molar-refractivity contribution in [3.63, 3.8) is 0 Å². The fourth-order valence-corrected chi connectivity index (χ4v) is 1.55. The molecule has 0 atom stereocenters. The van der Waals surface area contributed by atoms with Crippen molar-refractivity contribution in [3.8, 4) is 5.88 Å². The van der Waals surface area contributed by atoms with Crippen LogP contribution in [0.3, 0.4) is 0 Å². The van der Waals surface area contributed by atoms with Crippen molar-refractivity contribution in [1.29, 1.82) is 0 Å². The average Bonchev–Trinajstić information content (AvgIpc) is 3.09. The van der Waals surface area contributed by atoms with Crippen molar-refractivity contribution < 1.29 is 4.74 Å². The van der Waals surface area contributed by atoms with Gasteiger partial charge in [-0.05, 0) is 19.3 Å². The van der Waals surface area contributed by atoms with E-state index in [0.29, 0.717) is 18.5 Å². The van der Waals surface area contributed by atoms with Crippen LogP contribution in [-0.4, -0.2) is 22.6 Å². The molecule has 1 fully saturated rings. The third-order valence-corrected chi connectivity index (χ3v) is 2.76. The van der Waals surface area contributed by atoms with Crippen LogP contribution in [0, 0.1) is 0 Å². The van der Waals surface area contributed by atoms with E-state index < -0.39 is 0 Å². The van der Waals surface area contributed by atoms with Crippen LogP contribution in [0.1, 0.15) is 52.8 Å². The maximum absolute atomic E-state index is 5.64. The molecule has 1 aromatic rings. The fourth-order valence-electron chi connectivity index (χ4n) is 1.55. The van der Waals surface area contributed by atoms with Gasteiger partial charge in [0.2, 0.25) is 5.88 Å². The lowest BCUT2D eigenvalue weighted by atomic mass is 9.96. The number of nitrogens with zero attached hydrogens (tertiary/aromatic N) is 2. The Morgan fingerprint density at radius 2 is 2.06 bits per heavy atom. The van der Waals surface area contributed by atoms with Gasteiger partial charge in [-0.25, -0.2) is 4.98 Å². The van der Waals surface area contributed by atoms with E-state index in [1.807, 2.05) is 6.07 Å². The van der Waals surface area contributed by atoms with E-state index in [4.69, 9.17) is 4.74 Å². The summed E-state index contributed by atoms with van der Waals surface area (Å²) in [4.78, 5) is 9.09. The molecular formula is C14H23N3O. The summed E-state index contributed by atoms with van der Waals surface area (Å²) in [7, 11) is 0. The van der Waals surface area contributed by atoms with Crippen molar-refractivity contribution in [2.24, 2.45) is 0 Å². The third kappa shape index (κ3) is 3.59. The van der Waals surface area contributed by atoms with Gasteiger partial charge in [-0.15, -0.1) is 0 Å². The molecule has 2 rings (SSSR count). The molecular weight excluding hydrogens is 226 g/mol. The maximum atomic E-state index is 5.64. The monoisotopic (exact) mass is 249 g/mol. The Bertz CT molecular complexity index is 408. The van der Waals surface area contributed by atoms with Crippen molar-refractivity contribution in [2.45, 2.75) is 58.4 Å². The topological polar surface area (TPSA) is 47.0 Å². The number of hydrogen-bond acceptors (Lipinski definition) is 4. The van der Waals surface area contributed by atoms with Crippen LogP contribution >= 0.6 is 0 Å². The molecule has 0 radical (unpaired) electrons. The van der Waals surface area contributed by atoms with Crippen LogP contribution in [0.5, 0.6) is 5.88 Å². The van der Waals surface area contributed by atoms with Crippen molar-refractivity contribution >= 4 is 5.82 Å². The molecule has 4 heteroatoms. The quantitative estimate of drug-likeness (QED) is 0.871. The summed E-state index contributed by atoms with van der Waals surface area (Å²) in [5.41, 5.74) is -0.0639. The summed E-state index contributed by atoms with van der Waals surface area (Å²) in [6, 6.07) is 2.50. The maximum Gasteiger partial charge on any atom is 0.218 e. The lowest BCUT2D eigenvalue weighted by Gasteiger charge is -2.19. The summed E-state index contributed by atoms with van der Waals surface area (Å²) in [6.45, 7) is 9.14. The first-order valence-electron chi connectivity index (χ1n) is 6.78. The van der Waals surface area contributed by atoms with Crippen LogP contribution in [0.2, 0.25) is 0 Å². The normalized spacial score (nSPS) is 15.6. The molecule has 1 N–H and O–H groups in total. The molecule has 100 valence electrons. The Kier molecular flexibility index (Phi) is 3.73. The van der Waals surface area contributed by atoms with E-state index in [1.165, 1.54) is 12.8 Å². The van der Waals surface area contributed by atoms with Gasteiger partial charge in [0.15, 0.2) is 0 Å². The van der Waals surface area contributed by atoms with Crippen molar-refractivity contribution in [3.05, 3.63) is 11.9 Å². The number of aromatic nitrogens is 2. The van der Waals surface area contributed by atoms with Crippen LogP contribution in [0.15, 0.2) is 6.07 Å². The van der Waals surface area contributed by atoms with Gasteiger partial charge < -0.3 is 10.1 Å². The standard InChI is InChI=1S/C14H23N3O/c1-5-8-18-12-9-11(15-10-6-7-10)16-13(17-12)14(2,3)4/h9-10H,5-8H2,1-4H3,(H,15,16,17). The van der Waals surface area contributed by atoms with Gasteiger partial charge in [0.1, 0.15) is 11.6 Å². The van der Waals surface area contributed by atoms with Crippen LogP contribution < -0.4 is 10.1 Å². The molecule has 0 saturated heterocycles. The zero-order valence-electron chi connectivity index (χ0n) is 11.8. The molecule has 1 saturated carbocycles. The smallest absolute Gasteiger partial charge is 0.218 e. The van der Waals surface area contributed by atoms with Gasteiger partial charge >= 0.3 is 0 Å². The summed E-state index contributed by atoms with van der Waals surface area (Å²) in [6.07, 6.45) is 3.46. The second-order valence-corrected chi connectivity index (χ2v) is 5.93. The zero-order chi connectivity index (χ0) is 13.2. The largest absolute Gasteiger partial charge is 0.478 e. The lowest BCUT2D eigenvalue weighted by Crippen LogP contribution is -2.18. The van der Waals surface area contributed by atoms with Crippen molar-refractivity contribution in [1.82, 2.24) is 9.97 Å². The highest BCUT2D eigenvalue weighted by atomic mass is 16.5. The van der Waals surface area contributed by atoms with Crippen LogP contribution in [0.4, 0.5) is 5.82 Å². The SMILES string of the molecule is CCCOc1cc(NC2CC2)nc(C(C)(C)C)n1. The van der Waals surface area contributed by atoms with Crippen LogP contribution in [0.25, 0.3) is 0 Å². The highest BCUT2D eigenvalue weighted by Crippen LogP contribution is 2.27. The van der Waals surface area contributed by atoms with E-state index in [2.05, 4.69) is 43.0 Å². The van der Waals surface area contributed by atoms with E-state index >= 15 is 0 Å². The first-order valence-corrected chi connectivity index (χ1v) is 6.78. The Morgan fingerprint density at radius 3 is 2.61 bits per heavy atom. The van der Waals surface area contributed by atoms with E-state index in [-0.39, 0.29) is 5.41 Å². The zero-order valence-corrected chi connectivity index (χ0v) is 11.8. The summed E-state index contributed by atoms with van der Waals surface area (Å²) >= 11 is 0. The predicted molar refractivity (Wildman–Crippen MR) is 73.2 cm³/mol. The predicted octanol–water partition coefficient (Wildman–Crippen LogP) is 3.14. The molecule has 18 heavy (non-hydrogen) atoms. The molecule has 1 aliphatic carbocycles. The Morgan fingerprint density at radius 1 is 1.33 bits per heavy atom. The number of hydrogen-bond donors (Lipinski definition) is 1. The van der Waals surface area contributed by atoms with E-state index in [1.54, 1.807) is 0 Å². The van der Waals surface area contributed by atoms with E-state index in [9.17, 15) is 0 Å². The van der Waals surface area contributed by atoms with E-state index in [0.717, 1.165) is 18.1 Å². The second-order valence-electron chi connectivity index (χ2n) is 5.93. The fraction of sp³-hybridized carbons (Fsp3) is 0.714. The molecule has 0 spiro atoms.